The first-order chi connectivity index (χ1) is 19.5. The molecule has 1 aromatic carbocycles. The van der Waals surface area contributed by atoms with Crippen LogP contribution in [0.15, 0.2) is 45.9 Å². The van der Waals surface area contributed by atoms with E-state index in [0.717, 1.165) is 17.3 Å². The van der Waals surface area contributed by atoms with Crippen LogP contribution in [-0.2, 0) is 16.1 Å². The number of carbonyl (C=O) groups excluding carboxylic acids is 2. The average Bonchev–Trinajstić information content (AvgIpc) is 3.58. The van der Waals surface area contributed by atoms with E-state index in [1.807, 2.05) is 18.2 Å². The van der Waals surface area contributed by atoms with Gasteiger partial charge in [0.15, 0.2) is 23.7 Å². The molecule has 3 atom stereocenters. The van der Waals surface area contributed by atoms with Gasteiger partial charge in [-0.15, -0.1) is 0 Å². The molecule has 1 saturated carbocycles. The van der Waals surface area contributed by atoms with Gasteiger partial charge in [0.1, 0.15) is 23.9 Å². The van der Waals surface area contributed by atoms with Crippen LogP contribution in [0.5, 0.6) is 11.5 Å². The molecule has 5 heterocycles. The summed E-state index contributed by atoms with van der Waals surface area (Å²) in [5.74, 6) is 1.54. The highest BCUT2D eigenvalue weighted by Crippen LogP contribution is 2.37. The average molecular weight is 547 g/mol. The number of rotatable bonds is 6. The lowest BCUT2D eigenvalue weighted by Gasteiger charge is -2.33. The maximum atomic E-state index is 13.2. The molecule has 13 nitrogen and oxygen atoms in total. The summed E-state index contributed by atoms with van der Waals surface area (Å²) in [6, 6.07) is 8.92. The van der Waals surface area contributed by atoms with E-state index in [1.54, 1.807) is 28.7 Å². The van der Waals surface area contributed by atoms with Crippen molar-refractivity contribution in [2.75, 3.05) is 30.5 Å². The predicted molar refractivity (Wildman–Crippen MR) is 143 cm³/mol. The second-order valence-electron chi connectivity index (χ2n) is 10.1. The van der Waals surface area contributed by atoms with Gasteiger partial charge in [-0.1, -0.05) is 5.16 Å². The minimum absolute atomic E-state index is 0.0628. The van der Waals surface area contributed by atoms with Crippen molar-refractivity contribution in [2.24, 2.45) is 0 Å². The highest BCUT2D eigenvalue weighted by Gasteiger charge is 2.46. The van der Waals surface area contributed by atoms with Crippen LogP contribution < -0.4 is 30.6 Å². The SMILES string of the molecule is COc1ccc2c3conc3c(=O)n(CCN[C@H]3CC[C@H]4[C@@H](C3)OC(=O)N4c3ccc4c(n3)NC(=O)CO4)c2c1. The molecule has 2 N–H and O–H groups in total. The van der Waals surface area contributed by atoms with Crippen molar-refractivity contribution >= 4 is 45.4 Å². The van der Waals surface area contributed by atoms with Crippen molar-refractivity contribution in [1.82, 2.24) is 20.0 Å². The largest absolute Gasteiger partial charge is 0.497 e. The predicted octanol–water partition coefficient (Wildman–Crippen LogP) is 2.41. The minimum Gasteiger partial charge on any atom is -0.497 e. The van der Waals surface area contributed by atoms with Gasteiger partial charge < -0.3 is 33.9 Å². The third kappa shape index (κ3) is 4.01. The van der Waals surface area contributed by atoms with Crippen LogP contribution in [0.3, 0.4) is 0 Å². The maximum absolute atomic E-state index is 13.2. The molecule has 0 radical (unpaired) electrons. The molecule has 1 aliphatic carbocycles. The fourth-order valence-corrected chi connectivity index (χ4v) is 5.90. The highest BCUT2D eigenvalue weighted by atomic mass is 16.6. The summed E-state index contributed by atoms with van der Waals surface area (Å²) in [5.41, 5.74) is 0.803. The zero-order valence-corrected chi connectivity index (χ0v) is 21.6. The van der Waals surface area contributed by atoms with Crippen LogP contribution in [0.4, 0.5) is 16.4 Å². The summed E-state index contributed by atoms with van der Waals surface area (Å²) in [7, 11) is 1.59. The standard InChI is InChI=1S/C27H26N6O7/c1-37-15-3-4-16-17-12-39-31-24(17)26(35)32(19(16)11-15)9-8-28-14-2-5-18-21(10-14)40-27(36)33(18)22-7-6-20-25(29-22)30-23(34)13-38-20/h3-4,6-7,11-12,14,18,21,28H,2,5,8-10,13H2,1H3,(H,29,30,34)/t14-,18-,21+/m0/s1. The van der Waals surface area contributed by atoms with Crippen molar-refractivity contribution in [2.45, 2.75) is 44.0 Å². The van der Waals surface area contributed by atoms with Crippen molar-refractivity contribution in [3.63, 3.8) is 0 Å². The molecule has 0 bridgehead atoms. The molecule has 0 unspecified atom stereocenters. The Morgan fingerprint density at radius 3 is 2.92 bits per heavy atom. The second-order valence-corrected chi connectivity index (χ2v) is 10.1. The van der Waals surface area contributed by atoms with Crippen LogP contribution in [0.1, 0.15) is 19.3 Å². The van der Waals surface area contributed by atoms with Gasteiger partial charge in [-0.2, -0.15) is 0 Å². The third-order valence-electron chi connectivity index (χ3n) is 7.82. The fourth-order valence-electron chi connectivity index (χ4n) is 5.90. The van der Waals surface area contributed by atoms with E-state index in [-0.39, 0.29) is 41.8 Å². The molecule has 1 saturated heterocycles. The van der Waals surface area contributed by atoms with E-state index in [4.69, 9.17) is 18.7 Å². The van der Waals surface area contributed by atoms with Gasteiger partial charge in [0, 0.05) is 37.0 Å². The van der Waals surface area contributed by atoms with Crippen LogP contribution in [-0.4, -0.2) is 65.2 Å². The second kappa shape index (κ2) is 9.52. The molecule has 0 spiro atoms. The van der Waals surface area contributed by atoms with E-state index in [1.165, 1.54) is 6.26 Å². The molecule has 40 heavy (non-hydrogen) atoms. The van der Waals surface area contributed by atoms with Gasteiger partial charge in [-0.25, -0.2) is 9.78 Å². The number of nitrogens with one attached hydrogen (secondary N) is 2. The molecule has 206 valence electrons. The van der Waals surface area contributed by atoms with E-state index in [0.29, 0.717) is 54.5 Å². The lowest BCUT2D eigenvalue weighted by Crippen LogP contribution is -2.46. The van der Waals surface area contributed by atoms with Gasteiger partial charge in [0.2, 0.25) is 0 Å². The number of anilines is 2. The number of methoxy groups -OCH3 is 1. The van der Waals surface area contributed by atoms with Crippen molar-refractivity contribution in [3.05, 3.63) is 46.9 Å². The van der Waals surface area contributed by atoms with Gasteiger partial charge >= 0.3 is 6.09 Å². The molecule has 13 heteroatoms. The van der Waals surface area contributed by atoms with E-state index < -0.39 is 6.09 Å². The lowest BCUT2D eigenvalue weighted by molar-refractivity contribution is -0.118. The first-order valence-corrected chi connectivity index (χ1v) is 13.1. The lowest BCUT2D eigenvalue weighted by atomic mass is 9.88. The molecule has 3 aromatic heterocycles. The van der Waals surface area contributed by atoms with Crippen molar-refractivity contribution in [1.29, 1.82) is 0 Å². The Morgan fingerprint density at radius 2 is 2.05 bits per heavy atom. The van der Waals surface area contributed by atoms with Gasteiger partial charge in [0.25, 0.3) is 11.5 Å². The molecule has 2 aliphatic heterocycles. The Morgan fingerprint density at radius 1 is 1.15 bits per heavy atom. The Labute approximate surface area is 227 Å². The summed E-state index contributed by atoms with van der Waals surface area (Å²) in [6.45, 7) is 0.878. The Kier molecular flexibility index (Phi) is 5.81. The molecule has 4 aromatic rings. The Balaban J connectivity index is 1.05. The molecular weight excluding hydrogens is 520 g/mol. The summed E-state index contributed by atoms with van der Waals surface area (Å²) >= 11 is 0. The van der Waals surface area contributed by atoms with Gasteiger partial charge in [0.05, 0.1) is 24.1 Å². The minimum atomic E-state index is -0.459. The van der Waals surface area contributed by atoms with E-state index >= 15 is 0 Å². The van der Waals surface area contributed by atoms with Crippen LogP contribution in [0, 0.1) is 0 Å². The zero-order chi connectivity index (χ0) is 27.4. The smallest absolute Gasteiger partial charge is 0.416 e. The number of carbonyl (C=O) groups is 2. The molecule has 7 rings (SSSR count). The van der Waals surface area contributed by atoms with E-state index in [9.17, 15) is 14.4 Å². The number of amides is 2. The number of nitrogens with zero attached hydrogens (tertiary/aromatic N) is 4. The summed E-state index contributed by atoms with van der Waals surface area (Å²) in [5, 5.41) is 11.7. The van der Waals surface area contributed by atoms with Crippen molar-refractivity contribution in [3.8, 4) is 11.5 Å². The van der Waals surface area contributed by atoms with Crippen LogP contribution in [0.2, 0.25) is 0 Å². The van der Waals surface area contributed by atoms with Gasteiger partial charge in [-0.3, -0.25) is 14.5 Å². The molecule has 2 amide bonds. The number of aromatic nitrogens is 3. The van der Waals surface area contributed by atoms with Crippen molar-refractivity contribution < 1.29 is 28.3 Å². The highest BCUT2D eigenvalue weighted by molar-refractivity contribution is 6.04. The fraction of sp³-hybridized carbons (Fsp3) is 0.370. The topological polar surface area (TPSA) is 150 Å². The normalized spacial score (nSPS) is 22.0. The van der Waals surface area contributed by atoms with Gasteiger partial charge in [-0.05, 0) is 37.1 Å². The Hall–Kier alpha value is -4.65. The third-order valence-corrected chi connectivity index (χ3v) is 7.82. The monoisotopic (exact) mass is 546 g/mol. The molecule has 3 aliphatic rings. The number of hydrogen-bond donors (Lipinski definition) is 2. The number of fused-ring (bicyclic) bond motifs is 5. The summed E-state index contributed by atoms with van der Waals surface area (Å²) in [4.78, 5) is 43.8. The first kappa shape index (κ1) is 24.4. The quantitative estimate of drug-likeness (QED) is 0.369. The van der Waals surface area contributed by atoms with Crippen LogP contribution >= 0.6 is 0 Å². The molecular formula is C27H26N6O7. The number of pyridine rings is 2. The van der Waals surface area contributed by atoms with E-state index in [2.05, 4.69) is 20.8 Å². The summed E-state index contributed by atoms with van der Waals surface area (Å²) in [6.07, 6.45) is 2.87. The van der Waals surface area contributed by atoms with Crippen LogP contribution in [0.25, 0.3) is 21.8 Å². The number of ether oxygens (including phenoxy) is 3. The zero-order valence-electron chi connectivity index (χ0n) is 21.6. The first-order valence-electron chi connectivity index (χ1n) is 13.1. The number of benzene rings is 1. The maximum Gasteiger partial charge on any atom is 0.416 e. The summed E-state index contributed by atoms with van der Waals surface area (Å²) < 4.78 is 23.3. The Bertz CT molecular complexity index is 1720. The number of hydrogen-bond acceptors (Lipinski definition) is 10. The molecule has 2 fully saturated rings.